The van der Waals surface area contributed by atoms with Gasteiger partial charge < -0.3 is 9.34 Å². The van der Waals surface area contributed by atoms with E-state index in [1.54, 1.807) is 21.7 Å². The lowest BCUT2D eigenvalue weighted by Crippen LogP contribution is -2.29. The molecular formula is C27H24F3N2O3PS. The van der Waals surface area contributed by atoms with E-state index in [9.17, 15) is 21.6 Å². The molecule has 0 aromatic heterocycles. The van der Waals surface area contributed by atoms with Crippen LogP contribution in [0, 0.1) is 0 Å². The van der Waals surface area contributed by atoms with Crippen LogP contribution < -0.4 is 0 Å². The number of hydrogen-bond donors (Lipinski definition) is 0. The van der Waals surface area contributed by atoms with Gasteiger partial charge in [0.15, 0.2) is 0 Å². The molecule has 0 N–H and O–H groups in total. The Morgan fingerprint density at radius 1 is 0.703 bits per heavy atom. The van der Waals surface area contributed by atoms with E-state index in [1.807, 2.05) is 98.8 Å². The molecule has 0 amide bonds. The zero-order valence-corrected chi connectivity index (χ0v) is 21.7. The summed E-state index contributed by atoms with van der Waals surface area (Å²) in [6, 6.07) is 25.9. The quantitative estimate of drug-likeness (QED) is 0.182. The number of benzene rings is 4. The molecule has 1 heterocycles. The molecule has 5 rings (SSSR count). The van der Waals surface area contributed by atoms with Gasteiger partial charge in [-0.1, -0.05) is 84.9 Å². The Bertz CT molecular complexity index is 1490. The van der Waals surface area contributed by atoms with Crippen molar-refractivity contribution in [2.24, 2.45) is 0 Å². The highest BCUT2D eigenvalue weighted by Crippen LogP contribution is 2.60. The summed E-state index contributed by atoms with van der Waals surface area (Å²) in [5.41, 5.74) is -3.84. The predicted octanol–water partition coefficient (Wildman–Crippen LogP) is 8.00. The third-order valence-electron chi connectivity index (χ3n) is 6.56. The first kappa shape index (κ1) is 25.5. The van der Waals surface area contributed by atoms with E-state index in [2.05, 4.69) is 0 Å². The average molecular weight is 545 g/mol. The zero-order valence-electron chi connectivity index (χ0n) is 20.0. The zero-order chi connectivity index (χ0) is 26.4. The van der Waals surface area contributed by atoms with Gasteiger partial charge in [-0.3, -0.25) is 0 Å². The Labute approximate surface area is 214 Å². The van der Waals surface area contributed by atoms with Gasteiger partial charge in [-0.25, -0.2) is 0 Å². The van der Waals surface area contributed by atoms with Crippen molar-refractivity contribution in [1.29, 1.82) is 0 Å². The maximum absolute atomic E-state index is 13.4. The van der Waals surface area contributed by atoms with E-state index in [0.29, 0.717) is 0 Å². The van der Waals surface area contributed by atoms with E-state index in [4.69, 9.17) is 3.97 Å². The van der Waals surface area contributed by atoms with Gasteiger partial charge in [-0.05, 0) is 46.5 Å². The molecule has 192 valence electrons. The number of nitrogens with zero attached hydrogens (tertiary/aromatic N) is 2. The maximum atomic E-state index is 13.4. The van der Waals surface area contributed by atoms with Crippen LogP contribution in [0.3, 0.4) is 0 Å². The Morgan fingerprint density at radius 3 is 1.54 bits per heavy atom. The van der Waals surface area contributed by atoms with Crippen LogP contribution in [0.2, 0.25) is 0 Å². The van der Waals surface area contributed by atoms with Crippen molar-refractivity contribution in [3.63, 3.8) is 0 Å². The van der Waals surface area contributed by atoms with Gasteiger partial charge >= 0.3 is 15.6 Å². The van der Waals surface area contributed by atoms with Crippen LogP contribution in [0.25, 0.3) is 21.5 Å². The van der Waals surface area contributed by atoms with Gasteiger partial charge in [0.25, 0.3) is 8.45 Å². The van der Waals surface area contributed by atoms with E-state index in [1.165, 1.54) is 0 Å². The highest BCUT2D eigenvalue weighted by Gasteiger charge is 2.52. The minimum absolute atomic E-state index is 0.471. The van der Waals surface area contributed by atoms with Crippen molar-refractivity contribution in [3.05, 3.63) is 108 Å². The molecule has 37 heavy (non-hydrogen) atoms. The molecule has 5 nitrogen and oxygen atoms in total. The first-order valence-electron chi connectivity index (χ1n) is 11.6. The average Bonchev–Trinajstić information content (AvgIpc) is 3.29. The smallest absolute Gasteiger partial charge is 0.309 e. The van der Waals surface area contributed by atoms with Crippen molar-refractivity contribution < 1.29 is 25.6 Å². The van der Waals surface area contributed by atoms with Gasteiger partial charge in [-0.2, -0.15) is 25.6 Å². The Kier molecular flexibility index (Phi) is 6.64. The summed E-state index contributed by atoms with van der Waals surface area (Å²) in [6.07, 6.45) is 3.23. The summed E-state index contributed by atoms with van der Waals surface area (Å²) in [7, 11) is -8.27. The van der Waals surface area contributed by atoms with Gasteiger partial charge in [0.2, 0.25) is 0 Å². The van der Waals surface area contributed by atoms with Crippen molar-refractivity contribution in [1.82, 2.24) is 9.34 Å². The Balaban J connectivity index is 1.57. The number of rotatable bonds is 6. The fourth-order valence-corrected chi connectivity index (χ4v) is 7.73. The van der Waals surface area contributed by atoms with Gasteiger partial charge in [0.1, 0.15) is 0 Å². The highest BCUT2D eigenvalue weighted by atomic mass is 32.2. The standard InChI is InChI=1S/C27H24F3N2O3PS/c1-19(23-15-7-11-21-9-3-5-13-25(21)23)31-17-18-32(36(31)35-37(33,34)27(28,29)30)20(2)24-16-8-12-22-10-4-6-14-26(22)24/h3-20H,1-2H3. The van der Waals surface area contributed by atoms with Crippen LogP contribution in [0.15, 0.2) is 97.3 Å². The fourth-order valence-electron chi connectivity index (χ4n) is 4.65. The maximum Gasteiger partial charge on any atom is 0.523 e. The molecule has 4 aromatic carbocycles. The lowest BCUT2D eigenvalue weighted by molar-refractivity contribution is -0.0500. The predicted molar refractivity (Wildman–Crippen MR) is 141 cm³/mol. The molecule has 0 aliphatic carbocycles. The second-order valence-electron chi connectivity index (χ2n) is 8.77. The van der Waals surface area contributed by atoms with E-state index >= 15 is 0 Å². The number of alkyl halides is 3. The van der Waals surface area contributed by atoms with Gasteiger partial charge in [0.05, 0.1) is 12.1 Å². The lowest BCUT2D eigenvalue weighted by Gasteiger charge is -2.37. The molecule has 2 atom stereocenters. The van der Waals surface area contributed by atoms with Gasteiger partial charge in [0, 0.05) is 12.4 Å². The highest BCUT2D eigenvalue weighted by molar-refractivity contribution is 7.91. The van der Waals surface area contributed by atoms with E-state index in [-0.39, 0.29) is 0 Å². The monoisotopic (exact) mass is 544 g/mol. The fraction of sp³-hybridized carbons (Fsp3) is 0.185. The topological polar surface area (TPSA) is 49.9 Å². The van der Waals surface area contributed by atoms with Crippen molar-refractivity contribution in [2.45, 2.75) is 31.4 Å². The molecule has 0 saturated carbocycles. The largest absolute Gasteiger partial charge is 0.523 e. The molecule has 0 fully saturated rings. The molecular weight excluding hydrogens is 520 g/mol. The summed E-state index contributed by atoms with van der Waals surface area (Å²) in [4.78, 5) is 0. The van der Waals surface area contributed by atoms with Crippen LogP contribution >= 0.6 is 8.45 Å². The van der Waals surface area contributed by atoms with Crippen molar-refractivity contribution >= 4 is 40.1 Å². The summed E-state index contributed by atoms with van der Waals surface area (Å²) in [5, 5.41) is 3.81. The third kappa shape index (κ3) is 4.67. The summed E-state index contributed by atoms with van der Waals surface area (Å²) < 4.78 is 72.9. The molecule has 0 spiro atoms. The van der Waals surface area contributed by atoms with Crippen LogP contribution in [0.4, 0.5) is 13.2 Å². The summed E-state index contributed by atoms with van der Waals surface area (Å²) >= 11 is 0. The molecule has 0 radical (unpaired) electrons. The lowest BCUT2D eigenvalue weighted by atomic mass is 10.00. The molecule has 10 heteroatoms. The Morgan fingerprint density at radius 2 is 1.11 bits per heavy atom. The Hall–Kier alpha value is -3.13. The van der Waals surface area contributed by atoms with Crippen LogP contribution in [0.1, 0.15) is 37.1 Å². The normalized spacial score (nSPS) is 18.0. The minimum Gasteiger partial charge on any atom is -0.309 e. The first-order chi connectivity index (χ1) is 17.6. The van der Waals surface area contributed by atoms with Gasteiger partial charge in [-0.15, -0.1) is 0 Å². The number of fused-ring (bicyclic) bond motifs is 2. The molecule has 0 saturated heterocycles. The van der Waals surface area contributed by atoms with E-state index in [0.717, 1.165) is 32.7 Å². The SMILES string of the molecule is CC(c1cccc2ccccc12)N1C=CN(C(C)c2cccc3ccccc23)P1OS(=O)(=O)C(F)(F)F. The first-order valence-corrected chi connectivity index (χ1v) is 14.2. The minimum atomic E-state index is -5.86. The second-order valence-corrected chi connectivity index (χ2v) is 12.2. The van der Waals surface area contributed by atoms with Crippen LogP contribution in [0.5, 0.6) is 0 Å². The van der Waals surface area contributed by atoms with Crippen molar-refractivity contribution in [3.8, 4) is 0 Å². The third-order valence-corrected chi connectivity index (χ3v) is 10.2. The number of halogens is 3. The second kappa shape index (κ2) is 9.63. The summed E-state index contributed by atoms with van der Waals surface area (Å²) in [5.74, 6) is 0. The number of hydrogen-bond acceptors (Lipinski definition) is 5. The molecule has 2 unspecified atom stereocenters. The van der Waals surface area contributed by atoms with Crippen LogP contribution in [-0.4, -0.2) is 23.3 Å². The van der Waals surface area contributed by atoms with E-state index < -0.39 is 36.2 Å². The summed E-state index contributed by atoms with van der Waals surface area (Å²) in [6.45, 7) is 3.66. The van der Waals surface area contributed by atoms with Crippen molar-refractivity contribution in [2.75, 3.05) is 0 Å². The molecule has 1 aliphatic heterocycles. The molecule has 0 bridgehead atoms. The molecule has 4 aromatic rings. The van der Waals surface area contributed by atoms with Crippen LogP contribution in [-0.2, 0) is 14.1 Å². The molecule has 1 aliphatic rings.